The number of hydrogen-bond donors (Lipinski definition) is 1. The van der Waals surface area contributed by atoms with Gasteiger partial charge >= 0.3 is 5.97 Å². The highest BCUT2D eigenvalue weighted by molar-refractivity contribution is 5.75. The molecule has 19 heavy (non-hydrogen) atoms. The van der Waals surface area contributed by atoms with Gasteiger partial charge in [0.25, 0.3) is 0 Å². The van der Waals surface area contributed by atoms with E-state index >= 15 is 0 Å². The molecule has 0 aromatic heterocycles. The highest BCUT2D eigenvalue weighted by atomic mass is 16.5. The minimum absolute atomic E-state index is 0.167. The Kier molecular flexibility index (Phi) is 7.34. The molecule has 5 heteroatoms. The molecule has 0 aliphatic carbocycles. The van der Waals surface area contributed by atoms with Crippen LogP contribution in [0.5, 0.6) is 0 Å². The minimum atomic E-state index is -0.218. The van der Waals surface area contributed by atoms with Gasteiger partial charge in [0.1, 0.15) is 6.04 Å². The maximum atomic E-state index is 11.7. The summed E-state index contributed by atoms with van der Waals surface area (Å²) in [5.74, 6) is -0.167. The predicted molar refractivity (Wildman–Crippen MR) is 77.2 cm³/mol. The molecule has 0 bridgehead atoms. The lowest BCUT2D eigenvalue weighted by Crippen LogP contribution is -2.50. The maximum absolute atomic E-state index is 11.7. The number of hydrogen-bond acceptors (Lipinski definition) is 5. The molecule has 1 saturated heterocycles. The molecule has 1 aliphatic heterocycles. The van der Waals surface area contributed by atoms with Gasteiger partial charge in [-0.3, -0.25) is 4.79 Å². The van der Waals surface area contributed by atoms with Crippen LogP contribution >= 0.6 is 0 Å². The average Bonchev–Trinajstić information content (AvgIpc) is 2.46. The molecular weight excluding hydrogens is 242 g/mol. The van der Waals surface area contributed by atoms with Gasteiger partial charge in [-0.15, -0.1) is 0 Å². The normalized spacial score (nSPS) is 19.6. The van der Waals surface area contributed by atoms with Gasteiger partial charge in [-0.2, -0.15) is 0 Å². The number of piperidine rings is 1. The zero-order valence-corrected chi connectivity index (χ0v) is 12.8. The zero-order chi connectivity index (χ0) is 14.3. The topological polar surface area (TPSA) is 44.8 Å². The van der Waals surface area contributed by atoms with E-state index in [2.05, 4.69) is 29.1 Å². The predicted octanol–water partition coefficient (Wildman–Crippen LogP) is 0.554. The number of carbonyl (C=O) groups is 1. The Hall–Kier alpha value is -0.650. The Bertz CT molecular complexity index is 265. The van der Waals surface area contributed by atoms with E-state index in [4.69, 9.17) is 4.74 Å². The second-order valence-electron chi connectivity index (χ2n) is 5.24. The Morgan fingerprint density at radius 1 is 1.42 bits per heavy atom. The van der Waals surface area contributed by atoms with Crippen molar-refractivity contribution in [1.82, 2.24) is 15.1 Å². The van der Waals surface area contributed by atoms with Gasteiger partial charge in [0.15, 0.2) is 0 Å². The number of rotatable bonds is 7. The lowest BCUT2D eigenvalue weighted by atomic mass is 10.0. The molecule has 1 unspecified atom stereocenters. The second-order valence-corrected chi connectivity index (χ2v) is 5.24. The molecule has 1 aliphatic rings. The lowest BCUT2D eigenvalue weighted by Gasteiger charge is -2.37. The molecule has 0 aromatic rings. The molecule has 1 rings (SSSR count). The quantitative estimate of drug-likeness (QED) is 0.685. The van der Waals surface area contributed by atoms with Crippen LogP contribution in [0.1, 0.15) is 26.7 Å². The highest BCUT2D eigenvalue weighted by Gasteiger charge is 2.26. The van der Waals surface area contributed by atoms with Crippen LogP contribution in [0.25, 0.3) is 0 Å². The van der Waals surface area contributed by atoms with Crippen LogP contribution in [0.3, 0.4) is 0 Å². The summed E-state index contributed by atoms with van der Waals surface area (Å²) in [5, 5.41) is 3.20. The third-order valence-corrected chi connectivity index (χ3v) is 4.03. The van der Waals surface area contributed by atoms with E-state index in [0.29, 0.717) is 6.04 Å². The summed E-state index contributed by atoms with van der Waals surface area (Å²) in [6.45, 7) is 9.18. The van der Waals surface area contributed by atoms with E-state index < -0.39 is 0 Å². The molecule has 112 valence electrons. The fourth-order valence-electron chi connectivity index (χ4n) is 2.72. The van der Waals surface area contributed by atoms with Crippen LogP contribution in [0.2, 0.25) is 0 Å². The monoisotopic (exact) mass is 271 g/mol. The standard InChI is InChI=1S/C14H29N3O2/c1-5-15-13(14(18)19-4)11-16(3)12-7-9-17(6-2)10-8-12/h12-13,15H,5-11H2,1-4H3. The van der Waals surface area contributed by atoms with E-state index in [1.165, 1.54) is 20.0 Å². The molecular formula is C14H29N3O2. The third-order valence-electron chi connectivity index (χ3n) is 4.03. The molecule has 0 saturated carbocycles. The van der Waals surface area contributed by atoms with Crippen molar-refractivity contribution in [3.05, 3.63) is 0 Å². The van der Waals surface area contributed by atoms with E-state index in [1.54, 1.807) is 0 Å². The first-order valence-electron chi connectivity index (χ1n) is 7.36. The summed E-state index contributed by atoms with van der Waals surface area (Å²) in [4.78, 5) is 16.5. The van der Waals surface area contributed by atoms with Crippen LogP contribution < -0.4 is 5.32 Å². The summed E-state index contributed by atoms with van der Waals surface area (Å²) in [6, 6.07) is 0.359. The summed E-state index contributed by atoms with van der Waals surface area (Å²) in [7, 11) is 3.56. The van der Waals surface area contributed by atoms with E-state index in [-0.39, 0.29) is 12.0 Å². The molecule has 1 atom stereocenters. The van der Waals surface area contributed by atoms with Crippen molar-refractivity contribution in [2.75, 3.05) is 46.9 Å². The average molecular weight is 271 g/mol. The van der Waals surface area contributed by atoms with Crippen LogP contribution in [0.15, 0.2) is 0 Å². The Morgan fingerprint density at radius 2 is 2.05 bits per heavy atom. The van der Waals surface area contributed by atoms with Crippen molar-refractivity contribution >= 4 is 5.97 Å². The smallest absolute Gasteiger partial charge is 0.324 e. The number of likely N-dealkylation sites (N-methyl/N-ethyl adjacent to an activating group) is 2. The summed E-state index contributed by atoms with van der Waals surface area (Å²) < 4.78 is 4.85. The zero-order valence-electron chi connectivity index (χ0n) is 12.8. The summed E-state index contributed by atoms with van der Waals surface area (Å²) in [5.41, 5.74) is 0. The van der Waals surface area contributed by atoms with Crippen molar-refractivity contribution < 1.29 is 9.53 Å². The van der Waals surface area contributed by atoms with Gasteiger partial charge in [0.05, 0.1) is 7.11 Å². The van der Waals surface area contributed by atoms with E-state index in [9.17, 15) is 4.79 Å². The molecule has 5 nitrogen and oxygen atoms in total. The fraction of sp³-hybridized carbons (Fsp3) is 0.929. The molecule has 0 amide bonds. The summed E-state index contributed by atoms with van der Waals surface area (Å²) >= 11 is 0. The van der Waals surface area contributed by atoms with Crippen molar-refractivity contribution in [3.8, 4) is 0 Å². The number of likely N-dealkylation sites (tertiary alicyclic amines) is 1. The number of ether oxygens (including phenoxy) is 1. The molecule has 1 fully saturated rings. The van der Waals surface area contributed by atoms with Crippen LogP contribution in [0.4, 0.5) is 0 Å². The maximum Gasteiger partial charge on any atom is 0.324 e. The van der Waals surface area contributed by atoms with Gasteiger partial charge < -0.3 is 19.9 Å². The van der Waals surface area contributed by atoms with Gasteiger partial charge in [0, 0.05) is 12.6 Å². The van der Waals surface area contributed by atoms with E-state index in [1.807, 2.05) is 6.92 Å². The first-order valence-corrected chi connectivity index (χ1v) is 7.36. The molecule has 0 spiro atoms. The third kappa shape index (κ3) is 5.09. The van der Waals surface area contributed by atoms with Gasteiger partial charge in [-0.05, 0) is 46.1 Å². The fourth-order valence-corrected chi connectivity index (χ4v) is 2.72. The summed E-state index contributed by atoms with van der Waals surface area (Å²) in [6.07, 6.45) is 2.37. The van der Waals surface area contributed by atoms with Crippen molar-refractivity contribution in [3.63, 3.8) is 0 Å². The van der Waals surface area contributed by atoms with Crippen LogP contribution in [-0.4, -0.2) is 74.7 Å². The number of esters is 1. The molecule has 1 heterocycles. The number of nitrogens with zero attached hydrogens (tertiary/aromatic N) is 2. The molecule has 1 N–H and O–H groups in total. The van der Waals surface area contributed by atoms with Crippen molar-refractivity contribution in [1.29, 1.82) is 0 Å². The Labute approximate surface area is 117 Å². The highest BCUT2D eigenvalue weighted by Crippen LogP contribution is 2.15. The van der Waals surface area contributed by atoms with Crippen LogP contribution in [-0.2, 0) is 9.53 Å². The number of carbonyl (C=O) groups excluding carboxylic acids is 1. The van der Waals surface area contributed by atoms with Crippen molar-refractivity contribution in [2.24, 2.45) is 0 Å². The van der Waals surface area contributed by atoms with Gasteiger partial charge in [-0.25, -0.2) is 0 Å². The van der Waals surface area contributed by atoms with Crippen LogP contribution in [0, 0.1) is 0 Å². The molecule has 0 radical (unpaired) electrons. The first kappa shape index (κ1) is 16.4. The minimum Gasteiger partial charge on any atom is -0.468 e. The van der Waals surface area contributed by atoms with Gasteiger partial charge in [0.2, 0.25) is 0 Å². The number of nitrogens with one attached hydrogen (secondary N) is 1. The number of methoxy groups -OCH3 is 1. The second kappa shape index (κ2) is 8.51. The van der Waals surface area contributed by atoms with Crippen molar-refractivity contribution in [2.45, 2.75) is 38.8 Å². The molecule has 0 aromatic carbocycles. The SMILES string of the molecule is CCNC(CN(C)C1CCN(CC)CC1)C(=O)OC. The Balaban J connectivity index is 2.43. The van der Waals surface area contributed by atoms with Gasteiger partial charge in [-0.1, -0.05) is 13.8 Å². The first-order chi connectivity index (χ1) is 9.12. The van der Waals surface area contributed by atoms with E-state index in [0.717, 1.165) is 32.7 Å². The largest absolute Gasteiger partial charge is 0.468 e. The Morgan fingerprint density at radius 3 is 2.53 bits per heavy atom. The lowest BCUT2D eigenvalue weighted by molar-refractivity contribution is -0.143.